The Hall–Kier alpha value is -2.16. The number of nitrogens with zero attached hydrogens (tertiary/aromatic N) is 3. The van der Waals surface area contributed by atoms with E-state index in [-0.39, 0.29) is 6.03 Å². The molecule has 178 valence electrons. The van der Waals surface area contributed by atoms with E-state index in [1.807, 2.05) is 10.3 Å². The van der Waals surface area contributed by atoms with Gasteiger partial charge in [-0.3, -0.25) is 10.2 Å². The molecule has 2 aliphatic heterocycles. The highest BCUT2D eigenvalue weighted by atomic mass is 32.1. The van der Waals surface area contributed by atoms with Crippen molar-refractivity contribution in [1.29, 1.82) is 0 Å². The minimum Gasteiger partial charge on any atom is -0.496 e. The topological polar surface area (TPSA) is 66.9 Å². The molecular formula is C25H34N4O3S. The number of methoxy groups -OCH3 is 1. The number of urea groups is 1. The summed E-state index contributed by atoms with van der Waals surface area (Å²) >= 11 is 1.47. The van der Waals surface area contributed by atoms with Crippen LogP contribution >= 0.6 is 11.3 Å². The zero-order chi connectivity index (χ0) is 22.6. The molecule has 0 atom stereocenters. The third-order valence-corrected chi connectivity index (χ3v) is 8.11. The van der Waals surface area contributed by atoms with Gasteiger partial charge in [-0.25, -0.2) is 9.78 Å². The molecule has 0 spiro atoms. The summed E-state index contributed by atoms with van der Waals surface area (Å²) in [6.07, 6.45) is 7.32. The number of carbonyl (C=O) groups excluding carboxylic acids is 1. The van der Waals surface area contributed by atoms with Crippen LogP contribution in [0.1, 0.15) is 50.0 Å². The Bertz CT molecular complexity index is 945. The molecule has 2 aromatic rings. The van der Waals surface area contributed by atoms with Gasteiger partial charge in [0.25, 0.3) is 0 Å². The van der Waals surface area contributed by atoms with E-state index in [0.29, 0.717) is 17.1 Å². The lowest BCUT2D eigenvalue weighted by Crippen LogP contribution is -2.53. The molecule has 1 aromatic carbocycles. The number of aromatic nitrogens is 1. The lowest BCUT2D eigenvalue weighted by molar-refractivity contribution is 0.0194. The molecule has 0 unspecified atom stereocenters. The van der Waals surface area contributed by atoms with E-state index in [9.17, 15) is 4.79 Å². The van der Waals surface area contributed by atoms with E-state index in [2.05, 4.69) is 28.4 Å². The Kier molecular flexibility index (Phi) is 7.13. The standard InChI is InChI=1S/C25H34N4O3S/c1-31-23-7-6-19(18-4-2-3-5-18)16-21(23)22-17-33-24(26-22)27-25(30)29-12-10-28(11-13-29)20-8-14-32-15-9-20/h6-7,16-18,20H,2-5,8-15H2,1H3,(H,26,27,30). The largest absolute Gasteiger partial charge is 0.496 e. The van der Waals surface area contributed by atoms with Gasteiger partial charge >= 0.3 is 6.03 Å². The van der Waals surface area contributed by atoms with Crippen LogP contribution in [0.3, 0.4) is 0 Å². The first-order chi connectivity index (χ1) is 16.2. The van der Waals surface area contributed by atoms with Crippen LogP contribution in [0.15, 0.2) is 23.6 Å². The molecule has 1 N–H and O–H groups in total. The molecule has 1 aliphatic carbocycles. The molecule has 2 amide bonds. The van der Waals surface area contributed by atoms with Crippen molar-refractivity contribution in [2.24, 2.45) is 0 Å². The quantitative estimate of drug-likeness (QED) is 0.680. The maximum atomic E-state index is 12.9. The van der Waals surface area contributed by atoms with Crippen molar-refractivity contribution < 1.29 is 14.3 Å². The molecule has 5 rings (SSSR count). The van der Waals surface area contributed by atoms with Crippen LogP contribution in [-0.2, 0) is 4.74 Å². The molecule has 3 fully saturated rings. The summed E-state index contributed by atoms with van der Waals surface area (Å²) in [6, 6.07) is 7.01. The van der Waals surface area contributed by atoms with Crippen LogP contribution in [0.4, 0.5) is 9.93 Å². The first-order valence-electron chi connectivity index (χ1n) is 12.2. The van der Waals surface area contributed by atoms with E-state index in [1.54, 1.807) is 7.11 Å². The maximum Gasteiger partial charge on any atom is 0.323 e. The highest BCUT2D eigenvalue weighted by Gasteiger charge is 2.28. The van der Waals surface area contributed by atoms with Gasteiger partial charge in [-0.05, 0) is 49.3 Å². The van der Waals surface area contributed by atoms with Crippen molar-refractivity contribution in [2.75, 3.05) is 51.8 Å². The first kappa shape index (κ1) is 22.6. The summed E-state index contributed by atoms with van der Waals surface area (Å²) in [5.41, 5.74) is 3.23. The Balaban J connectivity index is 1.21. The summed E-state index contributed by atoms with van der Waals surface area (Å²) in [5, 5.41) is 5.66. The summed E-state index contributed by atoms with van der Waals surface area (Å²) < 4.78 is 11.1. The molecule has 3 heterocycles. The summed E-state index contributed by atoms with van der Waals surface area (Å²) in [7, 11) is 1.70. The number of benzene rings is 1. The molecular weight excluding hydrogens is 436 g/mol. The van der Waals surface area contributed by atoms with Gasteiger partial charge < -0.3 is 14.4 Å². The van der Waals surface area contributed by atoms with Gasteiger partial charge in [0, 0.05) is 56.4 Å². The normalized spacial score (nSPS) is 20.8. The number of nitrogens with one attached hydrogen (secondary N) is 1. The Morgan fingerprint density at radius 1 is 1.12 bits per heavy atom. The number of anilines is 1. The zero-order valence-electron chi connectivity index (χ0n) is 19.4. The monoisotopic (exact) mass is 470 g/mol. The van der Waals surface area contributed by atoms with Crippen LogP contribution in [-0.4, -0.2) is 73.4 Å². The van der Waals surface area contributed by atoms with E-state index in [4.69, 9.17) is 14.5 Å². The Morgan fingerprint density at radius 2 is 1.88 bits per heavy atom. The first-order valence-corrected chi connectivity index (χ1v) is 13.1. The average molecular weight is 471 g/mol. The summed E-state index contributed by atoms with van der Waals surface area (Å²) in [4.78, 5) is 22.0. The second kappa shape index (κ2) is 10.4. The maximum absolute atomic E-state index is 12.9. The molecule has 0 bridgehead atoms. The van der Waals surface area contributed by atoms with Crippen molar-refractivity contribution in [2.45, 2.75) is 50.5 Å². The minimum absolute atomic E-state index is 0.0609. The predicted molar refractivity (Wildman–Crippen MR) is 131 cm³/mol. The average Bonchev–Trinajstić information content (AvgIpc) is 3.57. The number of thiazole rings is 1. The van der Waals surface area contributed by atoms with Crippen LogP contribution in [0, 0.1) is 0 Å². The van der Waals surface area contributed by atoms with E-state index in [1.165, 1.54) is 42.6 Å². The van der Waals surface area contributed by atoms with Crippen molar-refractivity contribution in [1.82, 2.24) is 14.8 Å². The number of piperazine rings is 1. The van der Waals surface area contributed by atoms with Crippen molar-refractivity contribution in [3.05, 3.63) is 29.1 Å². The molecule has 2 saturated heterocycles. The van der Waals surface area contributed by atoms with E-state index in [0.717, 1.165) is 69.2 Å². The fourth-order valence-electron chi connectivity index (χ4n) is 5.40. The molecule has 8 heteroatoms. The van der Waals surface area contributed by atoms with Crippen molar-refractivity contribution >= 4 is 22.5 Å². The summed E-state index contributed by atoms with van der Waals surface area (Å²) in [6.45, 7) is 5.05. The molecule has 33 heavy (non-hydrogen) atoms. The number of hydrogen-bond acceptors (Lipinski definition) is 6. The smallest absolute Gasteiger partial charge is 0.323 e. The van der Waals surface area contributed by atoms with Crippen LogP contribution in [0.5, 0.6) is 5.75 Å². The Labute approximate surface area is 200 Å². The van der Waals surface area contributed by atoms with Gasteiger partial charge in [0.2, 0.25) is 0 Å². The fourth-order valence-corrected chi connectivity index (χ4v) is 6.10. The highest BCUT2D eigenvalue weighted by molar-refractivity contribution is 7.14. The van der Waals surface area contributed by atoms with E-state index >= 15 is 0 Å². The van der Waals surface area contributed by atoms with Crippen LogP contribution in [0.2, 0.25) is 0 Å². The molecule has 0 radical (unpaired) electrons. The lowest BCUT2D eigenvalue weighted by Gasteiger charge is -2.40. The number of ether oxygens (including phenoxy) is 2. The molecule has 1 saturated carbocycles. The van der Waals surface area contributed by atoms with Crippen molar-refractivity contribution in [3.8, 4) is 17.0 Å². The fraction of sp³-hybridized carbons (Fsp3) is 0.600. The molecule has 7 nitrogen and oxygen atoms in total. The zero-order valence-corrected chi connectivity index (χ0v) is 20.2. The van der Waals surface area contributed by atoms with Gasteiger partial charge in [-0.2, -0.15) is 0 Å². The second-order valence-corrected chi connectivity index (χ2v) is 10.1. The van der Waals surface area contributed by atoms with Gasteiger partial charge in [0.15, 0.2) is 5.13 Å². The third-order valence-electron chi connectivity index (χ3n) is 7.35. The SMILES string of the molecule is COc1ccc(C2CCCC2)cc1-c1csc(NC(=O)N2CCN(C3CCOCC3)CC2)n1. The van der Waals surface area contributed by atoms with Crippen LogP contribution in [0.25, 0.3) is 11.3 Å². The number of amides is 2. The molecule has 3 aliphatic rings. The number of carbonyl (C=O) groups is 1. The minimum atomic E-state index is -0.0609. The van der Waals surface area contributed by atoms with Gasteiger partial charge in [0.1, 0.15) is 5.75 Å². The van der Waals surface area contributed by atoms with Crippen molar-refractivity contribution in [3.63, 3.8) is 0 Å². The second-order valence-electron chi connectivity index (χ2n) is 9.28. The van der Waals surface area contributed by atoms with E-state index < -0.39 is 0 Å². The molecule has 1 aromatic heterocycles. The van der Waals surface area contributed by atoms with Gasteiger partial charge in [0.05, 0.1) is 12.8 Å². The number of hydrogen-bond donors (Lipinski definition) is 1. The van der Waals surface area contributed by atoms with Gasteiger partial charge in [-0.1, -0.05) is 18.9 Å². The van der Waals surface area contributed by atoms with Gasteiger partial charge in [-0.15, -0.1) is 11.3 Å². The third kappa shape index (κ3) is 5.18. The lowest BCUT2D eigenvalue weighted by atomic mass is 9.95. The highest BCUT2D eigenvalue weighted by Crippen LogP contribution is 2.39. The predicted octanol–water partition coefficient (Wildman–Crippen LogP) is 4.80. The van der Waals surface area contributed by atoms with Crippen LogP contribution < -0.4 is 10.1 Å². The Morgan fingerprint density at radius 3 is 2.61 bits per heavy atom. The number of rotatable bonds is 5. The summed E-state index contributed by atoms with van der Waals surface area (Å²) in [5.74, 6) is 1.46.